The van der Waals surface area contributed by atoms with Crippen molar-refractivity contribution in [2.75, 3.05) is 7.11 Å². The van der Waals surface area contributed by atoms with E-state index in [9.17, 15) is 4.79 Å². The van der Waals surface area contributed by atoms with Crippen LogP contribution in [0.5, 0.6) is 5.75 Å². The Kier molecular flexibility index (Phi) is 4.77. The van der Waals surface area contributed by atoms with Gasteiger partial charge in [-0.05, 0) is 29.0 Å². The van der Waals surface area contributed by atoms with Gasteiger partial charge in [-0.3, -0.25) is 4.79 Å². The number of carbonyl (C=O) groups excluding carboxylic acids is 1. The van der Waals surface area contributed by atoms with E-state index in [-0.39, 0.29) is 5.91 Å². The molecule has 4 nitrogen and oxygen atoms in total. The third-order valence-corrected chi connectivity index (χ3v) is 3.96. The van der Waals surface area contributed by atoms with Crippen LogP contribution in [0.15, 0.2) is 65.8 Å². The lowest BCUT2D eigenvalue weighted by Crippen LogP contribution is -2.18. The summed E-state index contributed by atoms with van der Waals surface area (Å²) in [5, 5.41) is 6.50. The zero-order valence-electron chi connectivity index (χ0n) is 13.0. The van der Waals surface area contributed by atoms with Crippen LogP contribution in [-0.2, 0) is 0 Å². The van der Waals surface area contributed by atoms with E-state index < -0.39 is 0 Å². The lowest BCUT2D eigenvalue weighted by molar-refractivity contribution is 0.0955. The van der Waals surface area contributed by atoms with Crippen molar-refractivity contribution in [3.05, 3.63) is 76.8 Å². The van der Waals surface area contributed by atoms with Gasteiger partial charge >= 0.3 is 0 Å². The molecule has 0 heterocycles. The quantitative estimate of drug-likeness (QED) is 0.570. The number of methoxy groups -OCH3 is 1. The van der Waals surface area contributed by atoms with E-state index in [1.807, 2.05) is 36.4 Å². The van der Waals surface area contributed by atoms with Gasteiger partial charge in [-0.2, -0.15) is 5.10 Å². The van der Waals surface area contributed by atoms with Crippen molar-refractivity contribution in [3.63, 3.8) is 0 Å². The first kappa shape index (κ1) is 16.0. The number of amides is 1. The smallest absolute Gasteiger partial charge is 0.272 e. The molecule has 5 heteroatoms. The molecule has 24 heavy (non-hydrogen) atoms. The van der Waals surface area contributed by atoms with E-state index in [2.05, 4.69) is 10.5 Å². The van der Waals surface area contributed by atoms with Gasteiger partial charge in [0.15, 0.2) is 0 Å². The Bertz CT molecular complexity index is 922. The zero-order chi connectivity index (χ0) is 16.9. The molecular formula is C19H15ClN2O2. The highest BCUT2D eigenvalue weighted by molar-refractivity contribution is 6.33. The topological polar surface area (TPSA) is 50.7 Å². The third-order valence-electron chi connectivity index (χ3n) is 3.63. The normalized spacial score (nSPS) is 10.9. The van der Waals surface area contributed by atoms with Crippen LogP contribution >= 0.6 is 11.6 Å². The SMILES string of the molecule is COc1ccc2ccccc2c1C=NNC(=O)c1ccccc1Cl. The summed E-state index contributed by atoms with van der Waals surface area (Å²) in [6.07, 6.45) is 1.58. The Hall–Kier alpha value is -2.85. The van der Waals surface area contributed by atoms with Crippen molar-refractivity contribution in [1.82, 2.24) is 5.43 Å². The van der Waals surface area contributed by atoms with E-state index >= 15 is 0 Å². The Morgan fingerprint density at radius 1 is 1.08 bits per heavy atom. The molecule has 3 aromatic rings. The highest BCUT2D eigenvalue weighted by atomic mass is 35.5. The number of hydrazone groups is 1. The van der Waals surface area contributed by atoms with Gasteiger partial charge in [-0.25, -0.2) is 5.43 Å². The number of nitrogens with one attached hydrogen (secondary N) is 1. The molecule has 1 amide bonds. The van der Waals surface area contributed by atoms with E-state index in [4.69, 9.17) is 16.3 Å². The largest absolute Gasteiger partial charge is 0.496 e. The fourth-order valence-corrected chi connectivity index (χ4v) is 2.67. The number of benzene rings is 3. The molecule has 0 saturated carbocycles. The number of hydrogen-bond donors (Lipinski definition) is 1. The standard InChI is InChI=1S/C19H15ClN2O2/c1-24-18-11-10-13-6-2-3-7-14(13)16(18)12-21-22-19(23)15-8-4-5-9-17(15)20/h2-12H,1H3,(H,22,23). The number of ether oxygens (including phenoxy) is 1. The number of fused-ring (bicyclic) bond motifs is 1. The average Bonchev–Trinajstić information content (AvgIpc) is 2.62. The maximum absolute atomic E-state index is 12.1. The Labute approximate surface area is 144 Å². The van der Waals surface area contributed by atoms with Gasteiger partial charge in [0.2, 0.25) is 0 Å². The number of nitrogens with zero attached hydrogens (tertiary/aromatic N) is 1. The van der Waals surface area contributed by atoms with Gasteiger partial charge in [0.1, 0.15) is 5.75 Å². The minimum Gasteiger partial charge on any atom is -0.496 e. The Morgan fingerprint density at radius 3 is 2.62 bits per heavy atom. The molecule has 0 atom stereocenters. The van der Waals surface area contributed by atoms with Crippen molar-refractivity contribution >= 4 is 34.5 Å². The summed E-state index contributed by atoms with van der Waals surface area (Å²) < 4.78 is 5.39. The van der Waals surface area contributed by atoms with E-state index in [1.54, 1.807) is 37.6 Å². The minimum absolute atomic E-state index is 0.365. The van der Waals surface area contributed by atoms with Crippen molar-refractivity contribution in [3.8, 4) is 5.75 Å². The second kappa shape index (κ2) is 7.15. The zero-order valence-corrected chi connectivity index (χ0v) is 13.7. The molecular weight excluding hydrogens is 324 g/mol. The van der Waals surface area contributed by atoms with Crippen LogP contribution in [0.2, 0.25) is 5.02 Å². The van der Waals surface area contributed by atoms with Gasteiger partial charge in [-0.15, -0.1) is 0 Å². The van der Waals surface area contributed by atoms with E-state index in [0.29, 0.717) is 16.3 Å². The lowest BCUT2D eigenvalue weighted by atomic mass is 10.0. The van der Waals surface area contributed by atoms with Gasteiger partial charge < -0.3 is 4.74 Å². The van der Waals surface area contributed by atoms with Crippen molar-refractivity contribution in [2.45, 2.75) is 0 Å². The maximum atomic E-state index is 12.1. The minimum atomic E-state index is -0.365. The Balaban J connectivity index is 1.88. The van der Waals surface area contributed by atoms with Crippen molar-refractivity contribution in [2.24, 2.45) is 5.10 Å². The summed E-state index contributed by atoms with van der Waals surface area (Å²) >= 11 is 6.01. The number of hydrogen-bond acceptors (Lipinski definition) is 3. The highest BCUT2D eigenvalue weighted by Crippen LogP contribution is 2.26. The second-order valence-corrected chi connectivity index (χ2v) is 5.49. The third kappa shape index (κ3) is 3.24. The molecule has 0 aliphatic rings. The van der Waals surface area contributed by atoms with Gasteiger partial charge in [-0.1, -0.05) is 54.1 Å². The predicted octanol–water partition coefficient (Wildman–Crippen LogP) is 4.27. The summed E-state index contributed by atoms with van der Waals surface area (Å²) in [6.45, 7) is 0. The number of carbonyl (C=O) groups is 1. The Morgan fingerprint density at radius 2 is 1.83 bits per heavy atom. The lowest BCUT2D eigenvalue weighted by Gasteiger charge is -2.08. The number of rotatable bonds is 4. The van der Waals surface area contributed by atoms with E-state index in [1.165, 1.54) is 0 Å². The monoisotopic (exact) mass is 338 g/mol. The molecule has 120 valence electrons. The number of halogens is 1. The van der Waals surface area contributed by atoms with E-state index in [0.717, 1.165) is 16.3 Å². The average molecular weight is 339 g/mol. The first-order chi connectivity index (χ1) is 11.7. The van der Waals surface area contributed by atoms with Crippen LogP contribution in [0, 0.1) is 0 Å². The van der Waals surface area contributed by atoms with Crippen molar-refractivity contribution < 1.29 is 9.53 Å². The first-order valence-corrected chi connectivity index (χ1v) is 7.72. The first-order valence-electron chi connectivity index (χ1n) is 7.34. The molecule has 3 rings (SSSR count). The molecule has 1 N–H and O–H groups in total. The fraction of sp³-hybridized carbons (Fsp3) is 0.0526. The molecule has 0 aliphatic heterocycles. The molecule has 0 radical (unpaired) electrons. The van der Waals surface area contributed by atoms with Gasteiger partial charge in [0.25, 0.3) is 5.91 Å². The van der Waals surface area contributed by atoms with Crippen molar-refractivity contribution in [1.29, 1.82) is 0 Å². The van der Waals surface area contributed by atoms with Crippen LogP contribution in [0.1, 0.15) is 15.9 Å². The summed E-state index contributed by atoms with van der Waals surface area (Å²) in [6, 6.07) is 18.6. The predicted molar refractivity (Wildman–Crippen MR) is 97.0 cm³/mol. The van der Waals surface area contributed by atoms with Crippen LogP contribution in [0.25, 0.3) is 10.8 Å². The molecule has 3 aromatic carbocycles. The van der Waals surface area contributed by atoms with Gasteiger partial charge in [0, 0.05) is 5.56 Å². The molecule has 0 fully saturated rings. The summed E-state index contributed by atoms with van der Waals surface area (Å²) in [4.78, 5) is 12.1. The fourth-order valence-electron chi connectivity index (χ4n) is 2.45. The highest BCUT2D eigenvalue weighted by Gasteiger charge is 2.09. The summed E-state index contributed by atoms with van der Waals surface area (Å²) in [7, 11) is 1.60. The maximum Gasteiger partial charge on any atom is 0.272 e. The summed E-state index contributed by atoms with van der Waals surface area (Å²) in [5.41, 5.74) is 3.67. The molecule has 0 spiro atoms. The van der Waals surface area contributed by atoms with Crippen LogP contribution in [-0.4, -0.2) is 19.2 Å². The summed E-state index contributed by atoms with van der Waals surface area (Å²) in [5.74, 6) is 0.320. The second-order valence-electron chi connectivity index (χ2n) is 5.08. The molecule has 0 aromatic heterocycles. The van der Waals surface area contributed by atoms with Gasteiger partial charge in [0.05, 0.1) is 23.9 Å². The van der Waals surface area contributed by atoms with Crippen LogP contribution < -0.4 is 10.2 Å². The molecule has 0 unspecified atom stereocenters. The molecule has 0 aliphatic carbocycles. The molecule has 0 bridgehead atoms. The van der Waals surface area contributed by atoms with Crippen LogP contribution in [0.4, 0.5) is 0 Å². The van der Waals surface area contributed by atoms with Crippen LogP contribution in [0.3, 0.4) is 0 Å². The molecule has 0 saturated heterocycles.